The molecule has 0 aliphatic heterocycles. The molecule has 3 heteroatoms. The molecular formula is C16H24ClNO. The third-order valence-corrected chi connectivity index (χ3v) is 4.54. The summed E-state index contributed by atoms with van der Waals surface area (Å²) in [5.74, 6) is 2.42. The van der Waals surface area contributed by atoms with Crippen LogP contribution in [0.15, 0.2) is 18.2 Å². The van der Waals surface area contributed by atoms with Gasteiger partial charge in [0.1, 0.15) is 5.75 Å². The second-order valence-electron chi connectivity index (χ2n) is 5.98. The molecule has 2 N–H and O–H groups in total. The van der Waals surface area contributed by atoms with Crippen molar-refractivity contribution in [2.45, 2.75) is 52.2 Å². The first-order valence-electron chi connectivity index (χ1n) is 7.19. The van der Waals surface area contributed by atoms with E-state index >= 15 is 0 Å². The lowest BCUT2D eigenvalue weighted by Crippen LogP contribution is -2.29. The summed E-state index contributed by atoms with van der Waals surface area (Å²) in [5, 5.41) is 0.713. The molecule has 0 radical (unpaired) electrons. The fourth-order valence-corrected chi connectivity index (χ4v) is 2.95. The van der Waals surface area contributed by atoms with E-state index in [1.165, 1.54) is 6.42 Å². The van der Waals surface area contributed by atoms with Crippen molar-refractivity contribution in [3.05, 3.63) is 28.8 Å². The van der Waals surface area contributed by atoms with Gasteiger partial charge in [-0.05, 0) is 56.2 Å². The molecule has 1 aliphatic rings. The largest absolute Gasteiger partial charge is 0.490 e. The van der Waals surface area contributed by atoms with Crippen LogP contribution in [0.5, 0.6) is 5.75 Å². The predicted octanol–water partition coefficient (Wildman–Crippen LogP) is 4.56. The third-order valence-electron chi connectivity index (χ3n) is 4.31. The molecule has 0 heterocycles. The van der Waals surface area contributed by atoms with Gasteiger partial charge in [-0.1, -0.05) is 25.4 Å². The molecule has 19 heavy (non-hydrogen) atoms. The Morgan fingerprint density at radius 1 is 1.26 bits per heavy atom. The Bertz CT molecular complexity index is 433. The highest BCUT2D eigenvalue weighted by molar-refractivity contribution is 6.30. The Kier molecular flexibility index (Phi) is 4.75. The van der Waals surface area contributed by atoms with Crippen LogP contribution in [0, 0.1) is 11.8 Å². The number of nitrogens with two attached hydrogens (primary N) is 1. The van der Waals surface area contributed by atoms with Crippen LogP contribution in [0.3, 0.4) is 0 Å². The molecule has 4 atom stereocenters. The Hall–Kier alpha value is -0.730. The van der Waals surface area contributed by atoms with Gasteiger partial charge >= 0.3 is 0 Å². The van der Waals surface area contributed by atoms with E-state index in [1.54, 1.807) is 0 Å². The number of halogens is 1. The fraction of sp³-hybridized carbons (Fsp3) is 0.625. The first-order chi connectivity index (χ1) is 8.97. The summed E-state index contributed by atoms with van der Waals surface area (Å²) in [6.07, 6.45) is 3.81. The maximum atomic E-state index is 6.18. The van der Waals surface area contributed by atoms with E-state index in [2.05, 4.69) is 13.8 Å². The maximum absolute atomic E-state index is 6.18. The summed E-state index contributed by atoms with van der Waals surface area (Å²) < 4.78 is 6.18. The van der Waals surface area contributed by atoms with E-state index in [4.69, 9.17) is 22.1 Å². The third kappa shape index (κ3) is 3.64. The van der Waals surface area contributed by atoms with Gasteiger partial charge in [0.05, 0.1) is 6.10 Å². The minimum absolute atomic E-state index is 0.0614. The summed E-state index contributed by atoms with van der Waals surface area (Å²) in [4.78, 5) is 0. The SMILES string of the molecule is CC1CCC(Oc2ccc(Cl)cc2[C@@H](C)N)CC1C. The normalized spacial score (nSPS) is 29.0. The van der Waals surface area contributed by atoms with Crippen LogP contribution in [-0.2, 0) is 0 Å². The molecule has 0 bridgehead atoms. The van der Waals surface area contributed by atoms with E-state index in [1.807, 2.05) is 25.1 Å². The van der Waals surface area contributed by atoms with Gasteiger partial charge in [-0.2, -0.15) is 0 Å². The minimum atomic E-state index is -0.0614. The van der Waals surface area contributed by atoms with Crippen LogP contribution in [0.25, 0.3) is 0 Å². The topological polar surface area (TPSA) is 35.2 Å². The van der Waals surface area contributed by atoms with Crippen LogP contribution in [0.4, 0.5) is 0 Å². The van der Waals surface area contributed by atoms with E-state index in [0.29, 0.717) is 11.1 Å². The number of ether oxygens (including phenoxy) is 1. The summed E-state index contributed by atoms with van der Waals surface area (Å²) in [6, 6.07) is 5.67. The molecule has 0 saturated heterocycles. The Labute approximate surface area is 121 Å². The summed E-state index contributed by atoms with van der Waals surface area (Å²) in [7, 11) is 0. The van der Waals surface area contributed by atoms with Crippen molar-refractivity contribution in [2.75, 3.05) is 0 Å². The predicted molar refractivity (Wildman–Crippen MR) is 80.6 cm³/mol. The van der Waals surface area contributed by atoms with Crippen LogP contribution < -0.4 is 10.5 Å². The van der Waals surface area contributed by atoms with Gasteiger partial charge in [0.15, 0.2) is 0 Å². The van der Waals surface area contributed by atoms with E-state index < -0.39 is 0 Å². The number of benzene rings is 1. The highest BCUT2D eigenvalue weighted by Crippen LogP contribution is 2.34. The molecule has 0 spiro atoms. The zero-order valence-electron chi connectivity index (χ0n) is 12.0. The summed E-state index contributed by atoms with van der Waals surface area (Å²) >= 11 is 6.03. The number of rotatable bonds is 3. The second kappa shape index (κ2) is 6.15. The Morgan fingerprint density at radius 3 is 2.63 bits per heavy atom. The van der Waals surface area contributed by atoms with E-state index in [-0.39, 0.29) is 6.04 Å². The zero-order chi connectivity index (χ0) is 14.0. The molecule has 3 unspecified atom stereocenters. The van der Waals surface area contributed by atoms with Crippen LogP contribution in [-0.4, -0.2) is 6.10 Å². The van der Waals surface area contributed by atoms with Gasteiger partial charge in [-0.25, -0.2) is 0 Å². The molecule has 1 aromatic rings. The van der Waals surface area contributed by atoms with Gasteiger partial charge in [0.25, 0.3) is 0 Å². The second-order valence-corrected chi connectivity index (χ2v) is 6.41. The highest BCUT2D eigenvalue weighted by atomic mass is 35.5. The van der Waals surface area contributed by atoms with Gasteiger partial charge < -0.3 is 10.5 Å². The molecule has 106 valence electrons. The van der Waals surface area contributed by atoms with Crippen LogP contribution in [0.1, 0.15) is 51.6 Å². The van der Waals surface area contributed by atoms with Crippen molar-refractivity contribution in [3.63, 3.8) is 0 Å². The first kappa shape index (κ1) is 14.7. The lowest BCUT2D eigenvalue weighted by atomic mass is 9.80. The molecule has 0 aromatic heterocycles. The molecule has 2 nitrogen and oxygen atoms in total. The van der Waals surface area contributed by atoms with Crippen molar-refractivity contribution in [1.82, 2.24) is 0 Å². The summed E-state index contributed by atoms with van der Waals surface area (Å²) in [5.41, 5.74) is 7.00. The molecule has 0 amide bonds. The highest BCUT2D eigenvalue weighted by Gasteiger charge is 2.26. The van der Waals surface area contributed by atoms with Crippen LogP contribution in [0.2, 0.25) is 5.02 Å². The Balaban J connectivity index is 2.11. The molecule has 1 saturated carbocycles. The average molecular weight is 282 g/mol. The minimum Gasteiger partial charge on any atom is -0.490 e. The lowest BCUT2D eigenvalue weighted by Gasteiger charge is -2.33. The standard InChI is InChI=1S/C16H24ClNO/c1-10-4-6-14(8-11(10)2)19-16-7-5-13(17)9-15(16)12(3)18/h5,7,9-12,14H,4,6,8,18H2,1-3H3/t10?,11?,12-,14?/m1/s1. The Morgan fingerprint density at radius 2 is 2.00 bits per heavy atom. The van der Waals surface area contributed by atoms with Gasteiger partial charge in [0, 0.05) is 16.6 Å². The van der Waals surface area contributed by atoms with Crippen molar-refractivity contribution in [1.29, 1.82) is 0 Å². The van der Waals surface area contributed by atoms with Crippen molar-refractivity contribution >= 4 is 11.6 Å². The monoisotopic (exact) mass is 281 g/mol. The van der Waals surface area contributed by atoms with Gasteiger partial charge in [0.2, 0.25) is 0 Å². The molecule has 1 aliphatic carbocycles. The molecule has 1 aromatic carbocycles. The smallest absolute Gasteiger partial charge is 0.124 e. The average Bonchev–Trinajstić information content (AvgIpc) is 2.36. The zero-order valence-corrected chi connectivity index (χ0v) is 12.8. The molecular weight excluding hydrogens is 258 g/mol. The number of hydrogen-bond acceptors (Lipinski definition) is 2. The lowest BCUT2D eigenvalue weighted by molar-refractivity contribution is 0.0994. The fourth-order valence-electron chi connectivity index (χ4n) is 2.77. The van der Waals surface area contributed by atoms with Gasteiger partial charge in [-0.3, -0.25) is 0 Å². The van der Waals surface area contributed by atoms with Crippen LogP contribution >= 0.6 is 11.6 Å². The first-order valence-corrected chi connectivity index (χ1v) is 7.57. The quantitative estimate of drug-likeness (QED) is 0.881. The van der Waals surface area contributed by atoms with Gasteiger partial charge in [-0.15, -0.1) is 0 Å². The van der Waals surface area contributed by atoms with Crippen molar-refractivity contribution < 1.29 is 4.74 Å². The van der Waals surface area contributed by atoms with E-state index in [9.17, 15) is 0 Å². The molecule has 2 rings (SSSR count). The summed E-state index contributed by atoms with van der Waals surface area (Å²) in [6.45, 7) is 6.61. The van der Waals surface area contributed by atoms with Crippen molar-refractivity contribution in [3.8, 4) is 5.75 Å². The maximum Gasteiger partial charge on any atom is 0.124 e. The van der Waals surface area contributed by atoms with Crippen molar-refractivity contribution in [2.24, 2.45) is 17.6 Å². The number of hydrogen-bond donors (Lipinski definition) is 1. The molecule has 1 fully saturated rings. The van der Waals surface area contributed by atoms with E-state index in [0.717, 1.165) is 36.0 Å².